The van der Waals surface area contributed by atoms with Crippen molar-refractivity contribution in [3.05, 3.63) is 0 Å². The predicted octanol–water partition coefficient (Wildman–Crippen LogP) is 1.94. The Bertz CT molecular complexity index is 390. The average Bonchev–Trinajstić information content (AvgIpc) is 3.10. The van der Waals surface area contributed by atoms with Crippen molar-refractivity contribution in [1.82, 2.24) is 10.2 Å². The topological polar surface area (TPSA) is 49.4 Å². The molecule has 4 atom stereocenters. The second-order valence-electron chi connectivity index (χ2n) is 6.95. The van der Waals surface area contributed by atoms with E-state index < -0.39 is 0 Å². The van der Waals surface area contributed by atoms with E-state index in [4.69, 9.17) is 0 Å². The summed E-state index contributed by atoms with van der Waals surface area (Å²) in [7, 11) is 0. The highest BCUT2D eigenvalue weighted by Crippen LogP contribution is 2.49. The van der Waals surface area contributed by atoms with E-state index in [0.29, 0.717) is 5.92 Å². The monoisotopic (exact) mass is 278 g/mol. The molecule has 0 aromatic carbocycles. The Morgan fingerprint density at radius 1 is 1.10 bits per heavy atom. The first-order chi connectivity index (χ1) is 9.65. The van der Waals surface area contributed by atoms with Gasteiger partial charge in [0.05, 0.1) is 0 Å². The summed E-state index contributed by atoms with van der Waals surface area (Å²) in [6.45, 7) is 3.57. The lowest BCUT2D eigenvalue weighted by Crippen LogP contribution is -2.49. The highest BCUT2D eigenvalue weighted by molar-refractivity contribution is 6.35. The van der Waals surface area contributed by atoms with Crippen molar-refractivity contribution in [1.29, 1.82) is 0 Å². The number of nitrogens with zero attached hydrogens (tertiary/aromatic N) is 1. The summed E-state index contributed by atoms with van der Waals surface area (Å²) in [5, 5.41) is 2.97. The van der Waals surface area contributed by atoms with Gasteiger partial charge in [-0.25, -0.2) is 0 Å². The number of amides is 2. The zero-order chi connectivity index (χ0) is 14.1. The van der Waals surface area contributed by atoms with Crippen LogP contribution in [0.25, 0.3) is 0 Å². The SMILES string of the molecule is CC(NC(=O)C(=O)N1CCCCC1)C1CC2CCC1C2. The number of likely N-dealkylation sites (tertiary alicyclic amines) is 1. The number of carbonyl (C=O) groups is 2. The molecule has 2 aliphatic carbocycles. The van der Waals surface area contributed by atoms with Gasteiger partial charge in [0.15, 0.2) is 0 Å². The van der Waals surface area contributed by atoms with Crippen molar-refractivity contribution < 1.29 is 9.59 Å². The number of fused-ring (bicyclic) bond motifs is 2. The molecule has 0 radical (unpaired) electrons. The second-order valence-corrected chi connectivity index (χ2v) is 6.95. The minimum atomic E-state index is -0.387. The second kappa shape index (κ2) is 5.74. The number of hydrogen-bond donors (Lipinski definition) is 1. The van der Waals surface area contributed by atoms with E-state index in [1.807, 2.05) is 0 Å². The Hall–Kier alpha value is -1.06. The van der Waals surface area contributed by atoms with Crippen molar-refractivity contribution in [3.63, 3.8) is 0 Å². The summed E-state index contributed by atoms with van der Waals surface area (Å²) in [5.74, 6) is 1.54. The van der Waals surface area contributed by atoms with Crippen LogP contribution in [0.5, 0.6) is 0 Å². The molecule has 1 N–H and O–H groups in total. The quantitative estimate of drug-likeness (QED) is 0.785. The first kappa shape index (κ1) is 13.9. The van der Waals surface area contributed by atoms with Crippen molar-refractivity contribution in [2.24, 2.45) is 17.8 Å². The third kappa shape index (κ3) is 2.70. The maximum Gasteiger partial charge on any atom is 0.311 e. The number of nitrogens with one attached hydrogen (secondary N) is 1. The third-order valence-corrected chi connectivity index (χ3v) is 5.63. The summed E-state index contributed by atoms with van der Waals surface area (Å²) < 4.78 is 0. The Morgan fingerprint density at radius 2 is 1.85 bits per heavy atom. The van der Waals surface area contributed by atoms with Crippen molar-refractivity contribution in [3.8, 4) is 0 Å². The van der Waals surface area contributed by atoms with Gasteiger partial charge < -0.3 is 10.2 Å². The van der Waals surface area contributed by atoms with Gasteiger partial charge >= 0.3 is 11.8 Å². The Kier molecular flexibility index (Phi) is 3.99. The maximum absolute atomic E-state index is 12.1. The summed E-state index contributed by atoms with van der Waals surface area (Å²) in [6.07, 6.45) is 8.49. The van der Waals surface area contributed by atoms with Gasteiger partial charge in [-0.15, -0.1) is 0 Å². The minimum absolute atomic E-state index is 0.145. The maximum atomic E-state index is 12.1. The van der Waals surface area contributed by atoms with Gasteiger partial charge in [-0.1, -0.05) is 6.42 Å². The standard InChI is InChI=1S/C16H26N2O2/c1-11(14-10-12-5-6-13(14)9-12)17-15(19)16(20)18-7-3-2-4-8-18/h11-14H,2-10H2,1H3,(H,17,19). The number of carbonyl (C=O) groups excluding carboxylic acids is 2. The summed E-state index contributed by atoms with van der Waals surface area (Å²) in [6, 6.07) is 0.145. The Balaban J connectivity index is 1.51. The van der Waals surface area contributed by atoms with Crippen molar-refractivity contribution in [2.75, 3.05) is 13.1 Å². The largest absolute Gasteiger partial charge is 0.345 e. The molecule has 3 fully saturated rings. The van der Waals surface area contributed by atoms with Gasteiger partial charge in [0, 0.05) is 19.1 Å². The molecule has 1 heterocycles. The van der Waals surface area contributed by atoms with Crippen LogP contribution >= 0.6 is 0 Å². The molecule has 3 rings (SSSR count). The number of rotatable bonds is 2. The highest BCUT2D eigenvalue weighted by atomic mass is 16.2. The minimum Gasteiger partial charge on any atom is -0.345 e. The first-order valence-electron chi connectivity index (χ1n) is 8.25. The third-order valence-electron chi connectivity index (χ3n) is 5.63. The fourth-order valence-electron chi connectivity index (χ4n) is 4.52. The van der Waals surface area contributed by atoms with E-state index in [1.165, 1.54) is 32.1 Å². The fourth-order valence-corrected chi connectivity index (χ4v) is 4.52. The number of hydrogen-bond acceptors (Lipinski definition) is 2. The molecular formula is C16H26N2O2. The van der Waals surface area contributed by atoms with Crippen LogP contribution in [0, 0.1) is 17.8 Å². The molecule has 2 amide bonds. The molecule has 4 nitrogen and oxygen atoms in total. The molecule has 4 unspecified atom stereocenters. The first-order valence-corrected chi connectivity index (χ1v) is 8.25. The zero-order valence-electron chi connectivity index (χ0n) is 12.4. The van der Waals surface area contributed by atoms with E-state index in [9.17, 15) is 9.59 Å². The molecule has 1 aliphatic heterocycles. The Morgan fingerprint density at radius 3 is 2.45 bits per heavy atom. The van der Waals surface area contributed by atoms with Gasteiger partial charge in [0.1, 0.15) is 0 Å². The van der Waals surface area contributed by atoms with Crippen molar-refractivity contribution >= 4 is 11.8 Å². The molecule has 2 bridgehead atoms. The average molecular weight is 278 g/mol. The zero-order valence-corrected chi connectivity index (χ0v) is 12.4. The molecule has 2 saturated carbocycles. The van der Waals surface area contributed by atoms with E-state index in [0.717, 1.165) is 37.8 Å². The normalized spacial score (nSPS) is 34.0. The van der Waals surface area contributed by atoms with Gasteiger partial charge in [0.25, 0.3) is 0 Å². The molecule has 3 aliphatic rings. The van der Waals surface area contributed by atoms with Crippen LogP contribution in [-0.2, 0) is 9.59 Å². The van der Waals surface area contributed by atoms with Crippen molar-refractivity contribution in [2.45, 2.75) is 57.9 Å². The summed E-state index contributed by atoms with van der Waals surface area (Å²) in [5.41, 5.74) is 0. The fraction of sp³-hybridized carbons (Fsp3) is 0.875. The molecule has 20 heavy (non-hydrogen) atoms. The van der Waals surface area contributed by atoms with E-state index in [2.05, 4.69) is 12.2 Å². The van der Waals surface area contributed by atoms with Gasteiger partial charge in [-0.05, 0) is 63.2 Å². The van der Waals surface area contributed by atoms with Crippen LogP contribution in [0.1, 0.15) is 51.9 Å². The molecule has 112 valence electrons. The summed E-state index contributed by atoms with van der Waals surface area (Å²) >= 11 is 0. The van der Waals surface area contributed by atoms with Crippen LogP contribution in [0.2, 0.25) is 0 Å². The highest BCUT2D eigenvalue weighted by Gasteiger charge is 2.42. The van der Waals surface area contributed by atoms with Gasteiger partial charge in [0.2, 0.25) is 0 Å². The van der Waals surface area contributed by atoms with Gasteiger partial charge in [-0.3, -0.25) is 9.59 Å². The number of piperidine rings is 1. The molecule has 0 spiro atoms. The van der Waals surface area contributed by atoms with Gasteiger partial charge in [-0.2, -0.15) is 0 Å². The van der Waals surface area contributed by atoms with Crippen LogP contribution in [-0.4, -0.2) is 35.8 Å². The predicted molar refractivity (Wildman–Crippen MR) is 77.0 cm³/mol. The molecule has 1 saturated heterocycles. The van der Waals surface area contributed by atoms with E-state index in [-0.39, 0.29) is 17.9 Å². The molecular weight excluding hydrogens is 252 g/mol. The molecule has 0 aromatic heterocycles. The summed E-state index contributed by atoms with van der Waals surface area (Å²) in [4.78, 5) is 26.0. The molecule has 0 aromatic rings. The lowest BCUT2D eigenvalue weighted by molar-refractivity contribution is -0.147. The van der Waals surface area contributed by atoms with E-state index >= 15 is 0 Å². The van der Waals surface area contributed by atoms with E-state index in [1.54, 1.807) is 4.90 Å². The lowest BCUT2D eigenvalue weighted by Gasteiger charge is -2.30. The van der Waals surface area contributed by atoms with Crippen LogP contribution in [0.15, 0.2) is 0 Å². The van der Waals surface area contributed by atoms with Crippen LogP contribution in [0.4, 0.5) is 0 Å². The van der Waals surface area contributed by atoms with Crippen LogP contribution < -0.4 is 5.32 Å². The lowest BCUT2D eigenvalue weighted by atomic mass is 9.84. The Labute approximate surface area is 121 Å². The molecule has 4 heteroatoms. The van der Waals surface area contributed by atoms with Crippen LogP contribution in [0.3, 0.4) is 0 Å². The smallest absolute Gasteiger partial charge is 0.311 e.